The second-order valence-electron chi connectivity index (χ2n) is 9.90. The summed E-state index contributed by atoms with van der Waals surface area (Å²) in [4.78, 5) is 0. The van der Waals surface area contributed by atoms with Crippen LogP contribution in [-0.2, 0) is 14.2 Å². The second kappa shape index (κ2) is 8.42. The lowest BCUT2D eigenvalue weighted by atomic mass is 9.71. The third-order valence-corrected chi connectivity index (χ3v) is 7.10. The van der Waals surface area contributed by atoms with E-state index in [9.17, 15) is 5.11 Å². The molecular formula is C23H40O4. The minimum absolute atomic E-state index is 0.152. The third-order valence-electron chi connectivity index (χ3n) is 7.10. The van der Waals surface area contributed by atoms with Gasteiger partial charge in [-0.25, -0.2) is 0 Å². The predicted molar refractivity (Wildman–Crippen MR) is 107 cm³/mol. The van der Waals surface area contributed by atoms with E-state index in [0.29, 0.717) is 6.42 Å². The number of allylic oxidation sites excluding steroid dienone is 1. The number of aliphatic hydroxyl groups excluding tert-OH is 1. The van der Waals surface area contributed by atoms with Crippen LogP contribution in [0.3, 0.4) is 0 Å². The fourth-order valence-corrected chi connectivity index (χ4v) is 5.27. The van der Waals surface area contributed by atoms with Crippen LogP contribution in [0.25, 0.3) is 0 Å². The monoisotopic (exact) mass is 380 g/mol. The van der Waals surface area contributed by atoms with Gasteiger partial charge >= 0.3 is 0 Å². The van der Waals surface area contributed by atoms with E-state index in [1.54, 1.807) is 0 Å². The van der Waals surface area contributed by atoms with Gasteiger partial charge in [-0.3, -0.25) is 0 Å². The average molecular weight is 381 g/mol. The Kier molecular flexibility index (Phi) is 6.59. The van der Waals surface area contributed by atoms with Gasteiger partial charge in [-0.05, 0) is 63.4 Å². The zero-order valence-electron chi connectivity index (χ0n) is 17.9. The van der Waals surface area contributed by atoms with Crippen molar-refractivity contribution in [2.45, 2.75) is 117 Å². The Labute approximate surface area is 165 Å². The highest BCUT2D eigenvalue weighted by Crippen LogP contribution is 2.61. The minimum Gasteiger partial charge on any atom is -0.469 e. The normalized spacial score (nSPS) is 37.4. The number of fused-ring (bicyclic) bond motifs is 1. The maximum Gasteiger partial charge on any atom is 0.199 e. The molecular weight excluding hydrogens is 340 g/mol. The molecule has 0 aromatic heterocycles. The van der Waals surface area contributed by atoms with E-state index in [-0.39, 0.29) is 22.7 Å². The first-order valence-electron chi connectivity index (χ1n) is 11.2. The van der Waals surface area contributed by atoms with Crippen LogP contribution in [0.4, 0.5) is 0 Å². The maximum absolute atomic E-state index is 10.3. The van der Waals surface area contributed by atoms with Crippen LogP contribution in [0, 0.1) is 10.8 Å². The smallest absolute Gasteiger partial charge is 0.199 e. The summed E-state index contributed by atoms with van der Waals surface area (Å²) >= 11 is 0. The maximum atomic E-state index is 10.3. The molecule has 2 unspecified atom stereocenters. The zero-order valence-corrected chi connectivity index (χ0v) is 17.9. The summed E-state index contributed by atoms with van der Waals surface area (Å²) in [5.74, 6) is 1.02. The van der Waals surface area contributed by atoms with E-state index >= 15 is 0 Å². The molecule has 0 bridgehead atoms. The lowest BCUT2D eigenvalue weighted by molar-refractivity contribution is -0.165. The van der Waals surface area contributed by atoms with E-state index in [2.05, 4.69) is 33.8 Å². The van der Waals surface area contributed by atoms with Crippen LogP contribution in [-0.4, -0.2) is 29.9 Å². The highest BCUT2D eigenvalue weighted by molar-refractivity contribution is 5.22. The number of hydrogen-bond donors (Lipinski definition) is 1. The number of rotatable bonds is 8. The fourth-order valence-electron chi connectivity index (χ4n) is 5.27. The van der Waals surface area contributed by atoms with Gasteiger partial charge in [0.05, 0.1) is 17.6 Å². The second-order valence-corrected chi connectivity index (χ2v) is 9.90. The summed E-state index contributed by atoms with van der Waals surface area (Å²) in [6.45, 7) is 9.89. The van der Waals surface area contributed by atoms with Crippen molar-refractivity contribution >= 4 is 0 Å². The Hall–Kier alpha value is -0.580. The van der Waals surface area contributed by atoms with E-state index in [4.69, 9.17) is 14.2 Å². The molecule has 0 aromatic rings. The van der Waals surface area contributed by atoms with Crippen molar-refractivity contribution in [2.24, 2.45) is 10.8 Å². The van der Waals surface area contributed by atoms with Gasteiger partial charge in [0.25, 0.3) is 0 Å². The van der Waals surface area contributed by atoms with E-state index in [1.165, 1.54) is 19.3 Å². The Bertz CT molecular complexity index is 522. The molecule has 4 atom stereocenters. The van der Waals surface area contributed by atoms with Crippen LogP contribution in [0.1, 0.15) is 98.3 Å². The first kappa shape index (κ1) is 21.1. The van der Waals surface area contributed by atoms with Crippen molar-refractivity contribution in [3.8, 4) is 0 Å². The molecule has 1 N–H and O–H groups in total. The SMILES string of the molecule is CCCCC(C)(C)CC=C(OC1CCCCO1)[C@@]12CCC[C@@]1(C)OC(O)C2. The van der Waals surface area contributed by atoms with Gasteiger partial charge in [0, 0.05) is 12.8 Å². The zero-order chi connectivity index (χ0) is 19.5. The summed E-state index contributed by atoms with van der Waals surface area (Å²) in [5.41, 5.74) is -0.295. The van der Waals surface area contributed by atoms with Gasteiger partial charge in [-0.1, -0.05) is 33.6 Å². The fraction of sp³-hybridized carbons (Fsp3) is 0.913. The highest BCUT2D eigenvalue weighted by Gasteiger charge is 2.62. The molecule has 3 rings (SSSR count). The number of ether oxygens (including phenoxy) is 3. The highest BCUT2D eigenvalue weighted by atomic mass is 16.7. The molecule has 27 heavy (non-hydrogen) atoms. The molecule has 0 radical (unpaired) electrons. The standard InChI is InChI=1S/C23H40O4/c1-5-6-12-21(2,3)15-11-18(26-20-10-7-8-16-25-20)23-14-9-13-22(23,4)27-19(24)17-23/h11,19-20,24H,5-10,12-17H2,1-4H3/t19?,20?,22-,23+/m1/s1. The lowest BCUT2D eigenvalue weighted by Crippen LogP contribution is -2.41. The number of hydrogen-bond acceptors (Lipinski definition) is 4. The van der Waals surface area contributed by atoms with Gasteiger partial charge in [0.2, 0.25) is 0 Å². The third kappa shape index (κ3) is 4.54. The minimum atomic E-state index is -0.692. The molecule has 1 aliphatic carbocycles. The Morgan fingerprint density at radius 3 is 2.78 bits per heavy atom. The van der Waals surface area contributed by atoms with Crippen LogP contribution in [0.5, 0.6) is 0 Å². The summed E-state index contributed by atoms with van der Waals surface area (Å²) in [7, 11) is 0. The first-order valence-corrected chi connectivity index (χ1v) is 11.2. The Morgan fingerprint density at radius 2 is 2.07 bits per heavy atom. The van der Waals surface area contributed by atoms with Crippen molar-refractivity contribution in [1.29, 1.82) is 0 Å². The van der Waals surface area contributed by atoms with Crippen LogP contribution in [0.2, 0.25) is 0 Å². The summed E-state index contributed by atoms with van der Waals surface area (Å²) in [6, 6.07) is 0. The van der Waals surface area contributed by atoms with Crippen LogP contribution < -0.4 is 0 Å². The molecule has 4 heteroatoms. The van der Waals surface area contributed by atoms with E-state index in [0.717, 1.165) is 57.3 Å². The van der Waals surface area contributed by atoms with Gasteiger partial charge in [0.1, 0.15) is 5.76 Å². The largest absolute Gasteiger partial charge is 0.469 e. The number of aliphatic hydroxyl groups is 1. The van der Waals surface area contributed by atoms with Crippen LogP contribution in [0.15, 0.2) is 11.8 Å². The van der Waals surface area contributed by atoms with Crippen molar-refractivity contribution in [3.05, 3.63) is 11.8 Å². The molecule has 2 heterocycles. The lowest BCUT2D eigenvalue weighted by Gasteiger charge is -2.40. The van der Waals surface area contributed by atoms with E-state index < -0.39 is 6.29 Å². The molecule has 2 saturated heterocycles. The Balaban J connectivity index is 1.84. The van der Waals surface area contributed by atoms with Gasteiger partial charge in [0.15, 0.2) is 12.6 Å². The molecule has 2 aliphatic heterocycles. The topological polar surface area (TPSA) is 47.9 Å². The molecule has 0 aromatic carbocycles. The summed E-state index contributed by atoms with van der Waals surface area (Å²) in [5, 5.41) is 10.3. The molecule has 1 saturated carbocycles. The summed E-state index contributed by atoms with van der Waals surface area (Å²) in [6.07, 6.45) is 13.2. The molecule has 156 valence electrons. The van der Waals surface area contributed by atoms with E-state index in [1.807, 2.05) is 0 Å². The van der Waals surface area contributed by atoms with Gasteiger partial charge in [-0.2, -0.15) is 0 Å². The Morgan fingerprint density at radius 1 is 1.26 bits per heavy atom. The molecule has 3 aliphatic rings. The summed E-state index contributed by atoms with van der Waals surface area (Å²) < 4.78 is 18.5. The van der Waals surface area contributed by atoms with Crippen molar-refractivity contribution in [1.82, 2.24) is 0 Å². The predicted octanol–water partition coefficient (Wildman–Crippen LogP) is 5.69. The van der Waals surface area contributed by atoms with Gasteiger partial charge in [-0.15, -0.1) is 0 Å². The van der Waals surface area contributed by atoms with Crippen molar-refractivity contribution in [2.75, 3.05) is 6.61 Å². The van der Waals surface area contributed by atoms with Crippen molar-refractivity contribution in [3.63, 3.8) is 0 Å². The quantitative estimate of drug-likeness (QED) is 0.550. The van der Waals surface area contributed by atoms with Crippen LogP contribution >= 0.6 is 0 Å². The van der Waals surface area contributed by atoms with Gasteiger partial charge < -0.3 is 19.3 Å². The molecule has 0 amide bonds. The number of unbranched alkanes of at least 4 members (excludes halogenated alkanes) is 1. The first-order chi connectivity index (χ1) is 12.8. The van der Waals surface area contributed by atoms with Crippen molar-refractivity contribution < 1.29 is 19.3 Å². The molecule has 0 spiro atoms. The average Bonchev–Trinajstić information content (AvgIpc) is 3.06. The molecule has 3 fully saturated rings. The molecule has 4 nitrogen and oxygen atoms in total.